The first-order valence-electron chi connectivity index (χ1n) is 6.09. The van der Waals surface area contributed by atoms with Crippen LogP contribution < -0.4 is 10.0 Å². The van der Waals surface area contributed by atoms with Gasteiger partial charge in [0.05, 0.1) is 0 Å². The van der Waals surface area contributed by atoms with E-state index in [-0.39, 0.29) is 16.4 Å². The minimum Gasteiger partial charge on any atom is -0.438 e. The Bertz CT molecular complexity index is 575. The van der Waals surface area contributed by atoms with Crippen molar-refractivity contribution in [1.29, 1.82) is 0 Å². The third-order valence-corrected chi connectivity index (χ3v) is 4.52. The van der Waals surface area contributed by atoms with E-state index in [2.05, 4.69) is 10.0 Å². The first-order chi connectivity index (χ1) is 9.10. The highest BCUT2D eigenvalue weighted by Gasteiger charge is 2.23. The van der Waals surface area contributed by atoms with Crippen molar-refractivity contribution in [2.75, 3.05) is 27.7 Å². The van der Waals surface area contributed by atoms with Gasteiger partial charge < -0.3 is 14.6 Å². The molecule has 1 heterocycles. The molecule has 7 nitrogen and oxygen atoms in total. The average Bonchev–Trinajstić information content (AvgIpc) is 2.86. The predicted molar refractivity (Wildman–Crippen MR) is 75.1 cm³/mol. The summed E-state index contributed by atoms with van der Waals surface area (Å²) in [5.41, 5.74) is -0.220. The molecule has 0 aliphatic rings. The quantitative estimate of drug-likeness (QED) is 0.786. The lowest BCUT2D eigenvalue weighted by atomic mass is 10.0. The maximum atomic E-state index is 11.9. The average molecular weight is 303 g/mol. The summed E-state index contributed by atoms with van der Waals surface area (Å²) in [6.45, 7) is 4.37. The molecule has 1 aromatic rings. The molecule has 0 fully saturated rings. The normalized spacial score (nSPS) is 12.7. The van der Waals surface area contributed by atoms with Gasteiger partial charge in [-0.25, -0.2) is 13.1 Å². The molecule has 20 heavy (non-hydrogen) atoms. The maximum Gasteiger partial charge on any atom is 0.287 e. The summed E-state index contributed by atoms with van der Waals surface area (Å²) < 4.78 is 30.2. The molecular weight excluding hydrogens is 282 g/mol. The van der Waals surface area contributed by atoms with E-state index >= 15 is 0 Å². The summed E-state index contributed by atoms with van der Waals surface area (Å²) in [5.74, 6) is -0.481. The Morgan fingerprint density at radius 1 is 1.35 bits per heavy atom. The Labute approximate surface area is 119 Å². The molecule has 0 aromatic carbocycles. The van der Waals surface area contributed by atoms with E-state index in [4.69, 9.17) is 4.42 Å². The number of amides is 1. The number of furan rings is 1. The van der Waals surface area contributed by atoms with Gasteiger partial charge in [0.25, 0.3) is 15.9 Å². The summed E-state index contributed by atoms with van der Waals surface area (Å²) in [7, 11) is 1.43. The zero-order valence-electron chi connectivity index (χ0n) is 12.4. The molecule has 1 aromatic heterocycles. The van der Waals surface area contributed by atoms with Crippen molar-refractivity contribution in [1.82, 2.24) is 14.9 Å². The topological polar surface area (TPSA) is 91.6 Å². The van der Waals surface area contributed by atoms with E-state index in [0.717, 1.165) is 0 Å². The highest BCUT2D eigenvalue weighted by atomic mass is 32.2. The number of carbonyl (C=O) groups is 1. The molecule has 0 aliphatic heterocycles. The number of hydrogen-bond donors (Lipinski definition) is 2. The molecule has 0 saturated carbocycles. The Hall–Kier alpha value is -1.38. The minimum absolute atomic E-state index is 0.0339. The first kappa shape index (κ1) is 16.7. The van der Waals surface area contributed by atoms with E-state index in [1.54, 1.807) is 0 Å². The molecular formula is C12H21N3O4S. The fourth-order valence-electron chi connectivity index (χ4n) is 1.23. The van der Waals surface area contributed by atoms with Crippen LogP contribution in [0.25, 0.3) is 0 Å². The van der Waals surface area contributed by atoms with E-state index in [1.807, 2.05) is 32.8 Å². The van der Waals surface area contributed by atoms with Gasteiger partial charge in [-0.15, -0.1) is 0 Å². The number of sulfonamides is 1. The molecule has 0 radical (unpaired) electrons. The van der Waals surface area contributed by atoms with E-state index in [0.29, 0.717) is 6.54 Å². The van der Waals surface area contributed by atoms with Gasteiger partial charge in [0.1, 0.15) is 0 Å². The second-order valence-electron chi connectivity index (χ2n) is 5.22. The van der Waals surface area contributed by atoms with Gasteiger partial charge in [0.2, 0.25) is 5.09 Å². The van der Waals surface area contributed by atoms with Crippen molar-refractivity contribution in [2.45, 2.75) is 24.5 Å². The van der Waals surface area contributed by atoms with E-state index < -0.39 is 15.9 Å². The van der Waals surface area contributed by atoms with Gasteiger partial charge in [-0.1, -0.05) is 0 Å². The lowest BCUT2D eigenvalue weighted by Gasteiger charge is -2.32. The molecule has 1 amide bonds. The zero-order chi connectivity index (χ0) is 15.6. The predicted octanol–water partition coefficient (Wildman–Crippen LogP) is 0.258. The molecule has 0 spiro atoms. The van der Waals surface area contributed by atoms with Crippen LogP contribution in [0.5, 0.6) is 0 Å². The fraction of sp³-hybridized carbons (Fsp3) is 0.583. The molecule has 1 rings (SSSR count). The second kappa shape index (κ2) is 5.94. The number of nitrogens with one attached hydrogen (secondary N) is 2. The highest BCUT2D eigenvalue weighted by molar-refractivity contribution is 7.89. The molecule has 0 aliphatic carbocycles. The van der Waals surface area contributed by atoms with Crippen molar-refractivity contribution in [2.24, 2.45) is 0 Å². The molecule has 0 bridgehead atoms. The summed E-state index contributed by atoms with van der Waals surface area (Å²) in [4.78, 5) is 13.9. The Morgan fingerprint density at radius 3 is 2.45 bits per heavy atom. The van der Waals surface area contributed by atoms with Crippen LogP contribution in [0.2, 0.25) is 0 Å². The standard InChI is InChI=1S/C12H21N3O4S/c1-12(2,15(4)5)8-14-11(16)9-6-7-10(19-9)20(17,18)13-3/h6-7,13H,8H2,1-5H3,(H,14,16). The van der Waals surface area contributed by atoms with Crippen molar-refractivity contribution < 1.29 is 17.6 Å². The number of hydrogen-bond acceptors (Lipinski definition) is 5. The first-order valence-corrected chi connectivity index (χ1v) is 7.57. The van der Waals surface area contributed by atoms with Crippen LogP contribution >= 0.6 is 0 Å². The van der Waals surface area contributed by atoms with E-state index in [1.165, 1.54) is 19.2 Å². The van der Waals surface area contributed by atoms with Crippen molar-refractivity contribution >= 4 is 15.9 Å². The number of likely N-dealkylation sites (N-methyl/N-ethyl adjacent to an activating group) is 1. The minimum atomic E-state index is -3.67. The summed E-state index contributed by atoms with van der Waals surface area (Å²) in [6.07, 6.45) is 0. The Kier molecular flexibility index (Phi) is 4.95. The maximum absolute atomic E-state index is 11.9. The lowest BCUT2D eigenvalue weighted by Crippen LogP contribution is -2.48. The van der Waals surface area contributed by atoms with Crippen LogP contribution in [-0.2, 0) is 10.0 Å². The van der Waals surface area contributed by atoms with Gasteiger partial charge in [-0.3, -0.25) is 4.79 Å². The van der Waals surface area contributed by atoms with Crippen LogP contribution in [0.15, 0.2) is 21.6 Å². The van der Waals surface area contributed by atoms with Crippen molar-refractivity contribution in [3.05, 3.63) is 17.9 Å². The van der Waals surface area contributed by atoms with Crippen LogP contribution in [0.1, 0.15) is 24.4 Å². The van der Waals surface area contributed by atoms with Crippen LogP contribution in [0.3, 0.4) is 0 Å². The largest absolute Gasteiger partial charge is 0.438 e. The molecule has 8 heteroatoms. The van der Waals surface area contributed by atoms with E-state index in [9.17, 15) is 13.2 Å². The number of carbonyl (C=O) groups excluding carboxylic acids is 1. The van der Waals surface area contributed by atoms with Crippen molar-refractivity contribution in [3.8, 4) is 0 Å². The summed E-state index contributed by atoms with van der Waals surface area (Å²) >= 11 is 0. The van der Waals surface area contributed by atoms with Gasteiger partial charge in [0.15, 0.2) is 5.76 Å². The van der Waals surface area contributed by atoms with Crippen LogP contribution in [-0.4, -0.2) is 52.5 Å². The Morgan fingerprint density at radius 2 is 1.95 bits per heavy atom. The molecule has 0 saturated heterocycles. The number of rotatable bonds is 6. The highest BCUT2D eigenvalue weighted by Crippen LogP contribution is 2.14. The van der Waals surface area contributed by atoms with Gasteiger partial charge >= 0.3 is 0 Å². The summed E-state index contributed by atoms with van der Waals surface area (Å²) in [6, 6.07) is 2.58. The third kappa shape index (κ3) is 3.81. The molecule has 0 atom stereocenters. The van der Waals surface area contributed by atoms with Crippen molar-refractivity contribution in [3.63, 3.8) is 0 Å². The molecule has 0 unspecified atom stereocenters. The van der Waals surface area contributed by atoms with Crippen LogP contribution in [0, 0.1) is 0 Å². The zero-order valence-corrected chi connectivity index (χ0v) is 13.2. The molecule has 2 N–H and O–H groups in total. The third-order valence-electron chi connectivity index (χ3n) is 3.23. The fourth-order valence-corrected chi connectivity index (χ4v) is 1.88. The monoisotopic (exact) mass is 303 g/mol. The lowest BCUT2D eigenvalue weighted by molar-refractivity contribution is 0.0887. The number of nitrogens with zero attached hydrogens (tertiary/aromatic N) is 1. The molecule has 114 valence electrons. The Balaban J connectivity index is 2.76. The SMILES string of the molecule is CNS(=O)(=O)c1ccc(C(=O)NCC(C)(C)N(C)C)o1. The van der Waals surface area contributed by atoms with Crippen LogP contribution in [0.4, 0.5) is 0 Å². The van der Waals surface area contributed by atoms with Gasteiger partial charge in [0, 0.05) is 12.1 Å². The van der Waals surface area contributed by atoms with Gasteiger partial charge in [-0.05, 0) is 47.1 Å². The smallest absolute Gasteiger partial charge is 0.287 e. The summed E-state index contributed by atoms with van der Waals surface area (Å²) in [5, 5.41) is 2.43. The van der Waals surface area contributed by atoms with Gasteiger partial charge in [-0.2, -0.15) is 0 Å². The second-order valence-corrected chi connectivity index (χ2v) is 7.03.